The van der Waals surface area contributed by atoms with Gasteiger partial charge in [-0.15, -0.1) is 0 Å². The van der Waals surface area contributed by atoms with Crippen molar-refractivity contribution in [3.8, 4) is 5.69 Å². The van der Waals surface area contributed by atoms with Gasteiger partial charge < -0.3 is 10.0 Å². The number of amides is 1. The molecule has 1 atom stereocenters. The molecule has 0 saturated heterocycles. The lowest BCUT2D eigenvalue weighted by Gasteiger charge is -2.21. The molecule has 0 saturated carbocycles. The Morgan fingerprint density at radius 1 is 1.52 bits per heavy atom. The summed E-state index contributed by atoms with van der Waals surface area (Å²) in [7, 11) is 1.43. The van der Waals surface area contributed by atoms with Crippen molar-refractivity contribution in [2.75, 3.05) is 7.05 Å². The van der Waals surface area contributed by atoms with E-state index in [1.54, 1.807) is 32.0 Å². The Balaban J connectivity index is 2.56. The van der Waals surface area contributed by atoms with Crippen LogP contribution < -0.4 is 0 Å². The number of benzene rings is 1. The molecule has 0 aliphatic rings. The van der Waals surface area contributed by atoms with Crippen LogP contribution in [-0.2, 0) is 0 Å². The molecule has 8 heteroatoms. The van der Waals surface area contributed by atoms with E-state index in [1.165, 1.54) is 11.7 Å². The van der Waals surface area contributed by atoms with Crippen LogP contribution in [0.15, 0.2) is 22.7 Å². The minimum absolute atomic E-state index is 0.214. The molecule has 1 aromatic carbocycles. The molecule has 1 unspecified atom stereocenters. The summed E-state index contributed by atoms with van der Waals surface area (Å²) in [5, 5.41) is 13.2. The molecule has 0 spiro atoms. The zero-order valence-corrected chi connectivity index (χ0v) is 13.3. The van der Waals surface area contributed by atoms with E-state index in [-0.39, 0.29) is 5.69 Å². The molecule has 1 amide bonds. The number of hydrogen-bond donors (Lipinski definition) is 1. The van der Waals surface area contributed by atoms with Crippen LogP contribution in [0.25, 0.3) is 5.69 Å². The maximum absolute atomic E-state index is 14.2. The highest BCUT2D eigenvalue weighted by atomic mass is 79.9. The molecule has 1 aromatic heterocycles. The van der Waals surface area contributed by atoms with E-state index in [4.69, 9.17) is 5.11 Å². The van der Waals surface area contributed by atoms with E-state index < -0.39 is 18.0 Å². The second kappa shape index (κ2) is 5.80. The van der Waals surface area contributed by atoms with Crippen LogP contribution in [0, 0.1) is 12.7 Å². The molecule has 0 bridgehead atoms. The van der Waals surface area contributed by atoms with Crippen molar-refractivity contribution in [1.29, 1.82) is 0 Å². The third-order valence-corrected chi connectivity index (χ3v) is 3.77. The van der Waals surface area contributed by atoms with Gasteiger partial charge in [-0.1, -0.05) is 6.07 Å². The number of carboxylic acid groups (broad SMARTS) is 1. The zero-order chi connectivity index (χ0) is 15.7. The first-order chi connectivity index (χ1) is 9.82. The van der Waals surface area contributed by atoms with Gasteiger partial charge in [0.1, 0.15) is 11.5 Å². The number of hydrogen-bond acceptors (Lipinski definition) is 3. The summed E-state index contributed by atoms with van der Waals surface area (Å²) in [6.45, 7) is 3.34. The Morgan fingerprint density at radius 3 is 2.81 bits per heavy atom. The van der Waals surface area contributed by atoms with Crippen LogP contribution in [0.4, 0.5) is 9.18 Å². The van der Waals surface area contributed by atoms with Crippen LogP contribution in [0.5, 0.6) is 0 Å². The summed E-state index contributed by atoms with van der Waals surface area (Å²) in [6, 6.07) is 4.25. The van der Waals surface area contributed by atoms with Gasteiger partial charge in [0.25, 0.3) is 0 Å². The summed E-state index contributed by atoms with van der Waals surface area (Å²) in [5.41, 5.74) is 0.214. The van der Waals surface area contributed by atoms with Crippen molar-refractivity contribution in [3.05, 3.63) is 40.1 Å². The average molecular weight is 357 g/mol. The highest BCUT2D eigenvalue weighted by Crippen LogP contribution is 2.25. The molecule has 6 nitrogen and oxygen atoms in total. The monoisotopic (exact) mass is 356 g/mol. The van der Waals surface area contributed by atoms with Crippen molar-refractivity contribution in [3.63, 3.8) is 0 Å². The van der Waals surface area contributed by atoms with Gasteiger partial charge in [0.2, 0.25) is 0 Å². The highest BCUT2D eigenvalue weighted by Gasteiger charge is 2.24. The Bertz CT molecular complexity index is 689. The normalized spacial score (nSPS) is 12.2. The molecule has 2 rings (SSSR count). The van der Waals surface area contributed by atoms with Crippen molar-refractivity contribution >= 4 is 22.0 Å². The third-order valence-electron chi connectivity index (χ3n) is 3.15. The Kier molecular flexibility index (Phi) is 4.26. The lowest BCUT2D eigenvalue weighted by atomic mass is 10.2. The van der Waals surface area contributed by atoms with Crippen LogP contribution >= 0.6 is 15.9 Å². The summed E-state index contributed by atoms with van der Waals surface area (Å²) in [4.78, 5) is 16.4. The van der Waals surface area contributed by atoms with Crippen molar-refractivity contribution in [2.24, 2.45) is 0 Å². The molecule has 1 N–H and O–H groups in total. The number of halogens is 2. The predicted molar refractivity (Wildman–Crippen MR) is 78.0 cm³/mol. The minimum Gasteiger partial charge on any atom is -0.465 e. The Morgan fingerprint density at radius 2 is 2.19 bits per heavy atom. The summed E-state index contributed by atoms with van der Waals surface area (Å²) < 4.78 is 15.9. The predicted octanol–water partition coefficient (Wildman–Crippen LogP) is 3.15. The largest absolute Gasteiger partial charge is 0.465 e. The first-order valence-electron chi connectivity index (χ1n) is 6.16. The van der Waals surface area contributed by atoms with E-state index in [2.05, 4.69) is 26.0 Å². The van der Waals surface area contributed by atoms with E-state index in [0.29, 0.717) is 16.1 Å². The Labute approximate surface area is 129 Å². The van der Waals surface area contributed by atoms with Crippen LogP contribution in [0.2, 0.25) is 0 Å². The SMILES string of the molecule is Cc1nc(C(C)N(C)C(=O)O)n(-c2cccc(Br)c2F)n1. The van der Waals surface area contributed by atoms with Gasteiger partial charge in [-0.2, -0.15) is 5.10 Å². The smallest absolute Gasteiger partial charge is 0.407 e. The second-order valence-corrected chi connectivity index (χ2v) is 5.43. The van der Waals surface area contributed by atoms with Gasteiger partial charge in [0, 0.05) is 7.05 Å². The molecule has 112 valence electrons. The maximum atomic E-state index is 14.2. The fraction of sp³-hybridized carbons (Fsp3) is 0.308. The van der Waals surface area contributed by atoms with E-state index in [0.717, 1.165) is 4.90 Å². The van der Waals surface area contributed by atoms with E-state index in [1.807, 2.05) is 0 Å². The molecular weight excluding hydrogens is 343 g/mol. The molecule has 2 aromatic rings. The van der Waals surface area contributed by atoms with E-state index in [9.17, 15) is 9.18 Å². The fourth-order valence-corrected chi connectivity index (χ4v) is 2.23. The molecule has 0 fully saturated rings. The molecule has 0 aliphatic carbocycles. The first kappa shape index (κ1) is 15.4. The molecule has 21 heavy (non-hydrogen) atoms. The first-order valence-corrected chi connectivity index (χ1v) is 6.96. The van der Waals surface area contributed by atoms with Crippen molar-refractivity contribution in [1.82, 2.24) is 19.7 Å². The van der Waals surface area contributed by atoms with Gasteiger partial charge in [0.15, 0.2) is 11.6 Å². The fourth-order valence-electron chi connectivity index (χ4n) is 1.87. The zero-order valence-electron chi connectivity index (χ0n) is 11.7. The number of aromatic nitrogens is 3. The Hall–Kier alpha value is -1.96. The van der Waals surface area contributed by atoms with Gasteiger partial charge in [-0.25, -0.2) is 18.9 Å². The quantitative estimate of drug-likeness (QED) is 0.916. The summed E-state index contributed by atoms with van der Waals surface area (Å²) in [5.74, 6) is 0.318. The number of carbonyl (C=O) groups is 1. The minimum atomic E-state index is -1.09. The van der Waals surface area contributed by atoms with Crippen LogP contribution in [0.3, 0.4) is 0 Å². The molecule has 0 aliphatic heterocycles. The highest BCUT2D eigenvalue weighted by molar-refractivity contribution is 9.10. The number of rotatable bonds is 3. The van der Waals surface area contributed by atoms with Crippen LogP contribution in [-0.4, -0.2) is 37.9 Å². The number of aryl methyl sites for hydroxylation is 1. The lowest BCUT2D eigenvalue weighted by molar-refractivity contribution is 0.139. The standard InChI is InChI=1S/C13H14BrFN4O2/c1-7(18(3)13(20)21)12-16-8(2)17-19(12)10-6-4-5-9(14)11(10)15/h4-7H,1-3H3,(H,20,21). The summed E-state index contributed by atoms with van der Waals surface area (Å²) >= 11 is 3.12. The summed E-state index contributed by atoms with van der Waals surface area (Å²) in [6.07, 6.45) is -1.09. The molecular formula is C13H14BrFN4O2. The van der Waals surface area contributed by atoms with Gasteiger partial charge >= 0.3 is 6.09 Å². The third kappa shape index (κ3) is 2.90. The maximum Gasteiger partial charge on any atom is 0.407 e. The average Bonchev–Trinajstić information content (AvgIpc) is 2.81. The van der Waals surface area contributed by atoms with E-state index >= 15 is 0 Å². The van der Waals surface area contributed by atoms with Gasteiger partial charge in [-0.05, 0) is 41.9 Å². The second-order valence-electron chi connectivity index (χ2n) is 4.57. The lowest BCUT2D eigenvalue weighted by Crippen LogP contribution is -2.30. The number of nitrogens with zero attached hydrogens (tertiary/aromatic N) is 4. The van der Waals surface area contributed by atoms with Gasteiger partial charge in [0.05, 0.1) is 10.5 Å². The molecule has 0 radical (unpaired) electrons. The van der Waals surface area contributed by atoms with Crippen molar-refractivity contribution < 1.29 is 14.3 Å². The van der Waals surface area contributed by atoms with Crippen LogP contribution in [0.1, 0.15) is 24.6 Å². The van der Waals surface area contributed by atoms with Crippen molar-refractivity contribution in [2.45, 2.75) is 19.9 Å². The topological polar surface area (TPSA) is 71.2 Å². The van der Waals surface area contributed by atoms with Gasteiger partial charge in [-0.3, -0.25) is 0 Å². The molecule has 1 heterocycles.